The van der Waals surface area contributed by atoms with E-state index in [1.165, 1.54) is 7.11 Å². The van der Waals surface area contributed by atoms with Gasteiger partial charge >= 0.3 is 5.97 Å². The van der Waals surface area contributed by atoms with Gasteiger partial charge in [-0.25, -0.2) is 0 Å². The van der Waals surface area contributed by atoms with Crippen LogP contribution in [0.2, 0.25) is 0 Å². The molecular weight excluding hydrogens is 292 g/mol. The molecule has 5 atom stereocenters. The van der Waals surface area contributed by atoms with E-state index >= 15 is 0 Å². The predicted molar refractivity (Wildman–Crippen MR) is 88.8 cm³/mol. The van der Waals surface area contributed by atoms with E-state index in [1.54, 1.807) is 6.92 Å². The minimum atomic E-state index is -0.434. The summed E-state index contributed by atoms with van der Waals surface area (Å²) in [7, 11) is 1.48. The van der Waals surface area contributed by atoms with Gasteiger partial charge in [-0.2, -0.15) is 0 Å². The lowest BCUT2D eigenvalue weighted by Gasteiger charge is -2.59. The van der Waals surface area contributed by atoms with Crippen molar-refractivity contribution in [2.24, 2.45) is 28.6 Å². The number of Topliss-reactive ketones (excluding diaryl/α,β-unsaturated/α-hetero) is 1. The molecule has 0 aromatic rings. The van der Waals surface area contributed by atoms with Crippen molar-refractivity contribution in [2.75, 3.05) is 13.7 Å². The van der Waals surface area contributed by atoms with Gasteiger partial charge in [0, 0.05) is 13.0 Å². The number of ketones is 1. The number of aliphatic hydroxyl groups is 1. The Balaban J connectivity index is 2.34. The van der Waals surface area contributed by atoms with Gasteiger partial charge in [0.15, 0.2) is 0 Å². The normalized spacial score (nSPS) is 40.3. The molecule has 0 amide bonds. The third-order valence-corrected chi connectivity index (χ3v) is 6.91. The first-order valence-corrected chi connectivity index (χ1v) is 8.98. The Morgan fingerprint density at radius 3 is 2.48 bits per heavy atom. The van der Waals surface area contributed by atoms with Crippen molar-refractivity contribution >= 4 is 11.8 Å². The summed E-state index contributed by atoms with van der Waals surface area (Å²) in [5, 5.41) is 9.84. The van der Waals surface area contributed by atoms with Crippen LogP contribution in [0.15, 0.2) is 0 Å². The summed E-state index contributed by atoms with van der Waals surface area (Å²) in [6, 6.07) is 0. The SMILES string of the molecule is COC(=O)[C@]1(C)CCC[C@@]2(C)[C@H]1CC[C@H](CO)[C@@H]2CCC(C)=O. The van der Waals surface area contributed by atoms with Crippen LogP contribution in [0, 0.1) is 28.6 Å². The Morgan fingerprint density at radius 2 is 1.91 bits per heavy atom. The van der Waals surface area contributed by atoms with Gasteiger partial charge in [-0.05, 0) is 69.1 Å². The van der Waals surface area contributed by atoms with Crippen molar-refractivity contribution in [1.82, 2.24) is 0 Å². The molecule has 2 aliphatic carbocycles. The minimum Gasteiger partial charge on any atom is -0.469 e. The highest BCUT2D eigenvalue weighted by Gasteiger charge is 2.58. The fraction of sp³-hybridized carbons (Fsp3) is 0.895. The van der Waals surface area contributed by atoms with Gasteiger partial charge < -0.3 is 14.6 Å². The van der Waals surface area contributed by atoms with E-state index in [0.29, 0.717) is 12.3 Å². The number of esters is 1. The van der Waals surface area contributed by atoms with Crippen molar-refractivity contribution in [3.63, 3.8) is 0 Å². The summed E-state index contributed by atoms with van der Waals surface area (Å²) in [6.07, 6.45) is 6.25. The number of fused-ring (bicyclic) bond motifs is 1. The molecule has 2 fully saturated rings. The molecule has 0 aromatic carbocycles. The van der Waals surface area contributed by atoms with E-state index in [0.717, 1.165) is 38.5 Å². The largest absolute Gasteiger partial charge is 0.469 e. The quantitative estimate of drug-likeness (QED) is 0.788. The van der Waals surface area contributed by atoms with Crippen LogP contribution in [0.3, 0.4) is 0 Å². The van der Waals surface area contributed by atoms with Crippen LogP contribution >= 0.6 is 0 Å². The van der Waals surface area contributed by atoms with Crippen molar-refractivity contribution < 1.29 is 19.4 Å². The number of rotatable bonds is 5. The van der Waals surface area contributed by atoms with Gasteiger partial charge in [-0.15, -0.1) is 0 Å². The molecule has 2 aliphatic rings. The summed E-state index contributed by atoms with van der Waals surface area (Å²) in [5.74, 6) is 0.936. The van der Waals surface area contributed by atoms with Gasteiger partial charge in [-0.1, -0.05) is 13.3 Å². The fourth-order valence-corrected chi connectivity index (χ4v) is 5.75. The molecule has 2 saturated carbocycles. The monoisotopic (exact) mass is 324 g/mol. The van der Waals surface area contributed by atoms with Crippen LogP contribution in [0.1, 0.15) is 65.7 Å². The molecule has 0 radical (unpaired) electrons. The first kappa shape index (κ1) is 18.4. The number of carbonyl (C=O) groups excluding carboxylic acids is 2. The summed E-state index contributed by atoms with van der Waals surface area (Å²) < 4.78 is 5.13. The van der Waals surface area contributed by atoms with Crippen molar-refractivity contribution in [2.45, 2.75) is 65.7 Å². The number of hydrogen-bond donors (Lipinski definition) is 1. The summed E-state index contributed by atoms with van der Waals surface area (Å²) in [6.45, 7) is 6.16. The average molecular weight is 324 g/mol. The zero-order valence-corrected chi connectivity index (χ0v) is 15.1. The molecule has 0 saturated heterocycles. The van der Waals surface area contributed by atoms with Gasteiger partial charge in [-0.3, -0.25) is 4.79 Å². The second-order valence-electron chi connectivity index (χ2n) is 8.19. The molecule has 23 heavy (non-hydrogen) atoms. The van der Waals surface area contributed by atoms with E-state index in [1.807, 2.05) is 0 Å². The maximum Gasteiger partial charge on any atom is 0.311 e. The zero-order valence-electron chi connectivity index (χ0n) is 15.1. The Bertz CT molecular complexity index is 460. The van der Waals surface area contributed by atoms with Gasteiger partial charge in [0.25, 0.3) is 0 Å². The van der Waals surface area contributed by atoms with Crippen molar-refractivity contribution in [3.8, 4) is 0 Å². The van der Waals surface area contributed by atoms with E-state index in [4.69, 9.17) is 4.74 Å². The highest BCUT2D eigenvalue weighted by molar-refractivity contribution is 5.77. The highest BCUT2D eigenvalue weighted by atomic mass is 16.5. The first-order valence-electron chi connectivity index (χ1n) is 8.98. The lowest BCUT2D eigenvalue weighted by Crippen LogP contribution is -2.55. The molecule has 0 aromatic heterocycles. The number of aliphatic hydroxyl groups excluding tert-OH is 1. The molecule has 2 rings (SSSR count). The Kier molecular flexibility index (Phi) is 5.55. The molecule has 4 heteroatoms. The van der Waals surface area contributed by atoms with Crippen LogP contribution in [0.5, 0.6) is 0 Å². The van der Waals surface area contributed by atoms with E-state index in [-0.39, 0.29) is 35.6 Å². The average Bonchev–Trinajstić information content (AvgIpc) is 2.51. The molecule has 1 N–H and O–H groups in total. The minimum absolute atomic E-state index is 0.00227. The van der Waals surface area contributed by atoms with Crippen molar-refractivity contribution in [1.29, 1.82) is 0 Å². The lowest BCUT2D eigenvalue weighted by atomic mass is 9.45. The topological polar surface area (TPSA) is 63.6 Å². The Morgan fingerprint density at radius 1 is 1.22 bits per heavy atom. The van der Waals surface area contributed by atoms with Crippen LogP contribution in [0.4, 0.5) is 0 Å². The third-order valence-electron chi connectivity index (χ3n) is 6.91. The predicted octanol–water partition coefficient (Wildman–Crippen LogP) is 3.36. The van der Waals surface area contributed by atoms with Gasteiger partial charge in [0.1, 0.15) is 5.78 Å². The van der Waals surface area contributed by atoms with E-state index in [9.17, 15) is 14.7 Å². The summed E-state index contributed by atoms with van der Waals surface area (Å²) >= 11 is 0. The zero-order chi connectivity index (χ0) is 17.3. The van der Waals surface area contributed by atoms with Gasteiger partial charge in [0.05, 0.1) is 12.5 Å². The number of carbonyl (C=O) groups is 2. The number of ether oxygens (including phenoxy) is 1. The smallest absolute Gasteiger partial charge is 0.311 e. The first-order chi connectivity index (χ1) is 10.8. The summed E-state index contributed by atoms with van der Waals surface area (Å²) in [4.78, 5) is 24.0. The second-order valence-corrected chi connectivity index (χ2v) is 8.19. The van der Waals surface area contributed by atoms with Crippen molar-refractivity contribution in [3.05, 3.63) is 0 Å². The highest BCUT2D eigenvalue weighted by Crippen LogP contribution is 2.62. The second kappa shape index (κ2) is 6.92. The maximum atomic E-state index is 12.5. The molecule has 0 unspecified atom stereocenters. The summed E-state index contributed by atoms with van der Waals surface area (Å²) in [5.41, 5.74) is -0.432. The molecular formula is C19H32O4. The molecule has 0 spiro atoms. The molecule has 0 heterocycles. The molecule has 132 valence electrons. The molecule has 0 aliphatic heterocycles. The number of hydrogen-bond acceptors (Lipinski definition) is 4. The van der Waals surface area contributed by atoms with Crippen LogP contribution in [0.25, 0.3) is 0 Å². The Labute approximate surface area is 140 Å². The molecule has 4 nitrogen and oxygen atoms in total. The Hall–Kier alpha value is -0.900. The number of methoxy groups -OCH3 is 1. The molecule has 0 bridgehead atoms. The third kappa shape index (κ3) is 3.19. The van der Waals surface area contributed by atoms with E-state index in [2.05, 4.69) is 13.8 Å². The van der Waals surface area contributed by atoms with Crippen LogP contribution in [-0.2, 0) is 14.3 Å². The standard InChI is InChI=1S/C19H32O4/c1-13(21)6-8-15-14(12-20)7-9-16-18(15,2)10-5-11-19(16,3)17(22)23-4/h14-16,20H,5-12H2,1-4H3/t14-,15+,16-,18-,19-/m1/s1. The van der Waals surface area contributed by atoms with Crippen LogP contribution in [-0.4, -0.2) is 30.6 Å². The van der Waals surface area contributed by atoms with Crippen LogP contribution < -0.4 is 0 Å². The van der Waals surface area contributed by atoms with E-state index < -0.39 is 5.41 Å². The fourth-order valence-electron chi connectivity index (χ4n) is 5.75. The van der Waals surface area contributed by atoms with Gasteiger partial charge in [0.2, 0.25) is 0 Å². The lowest BCUT2D eigenvalue weighted by molar-refractivity contribution is -0.175. The maximum absolute atomic E-state index is 12.5.